The number of halogens is 3. The lowest BCUT2D eigenvalue weighted by molar-refractivity contribution is 0.0461. The van der Waals surface area contributed by atoms with Crippen LogP contribution in [0.3, 0.4) is 0 Å². The number of rotatable bonds is 2. The SMILES string of the molecule is Cl.FC(F)C1CNCC1C1CCOC1. The van der Waals surface area contributed by atoms with E-state index in [2.05, 4.69) is 5.32 Å². The van der Waals surface area contributed by atoms with Gasteiger partial charge < -0.3 is 10.1 Å². The second-order valence-electron chi connectivity index (χ2n) is 3.94. The summed E-state index contributed by atoms with van der Waals surface area (Å²) in [5, 5.41) is 3.05. The first-order valence-electron chi connectivity index (χ1n) is 4.85. The molecule has 0 aromatic heterocycles. The summed E-state index contributed by atoms with van der Waals surface area (Å²) >= 11 is 0. The zero-order valence-electron chi connectivity index (χ0n) is 7.92. The Kier molecular flexibility index (Phi) is 4.54. The van der Waals surface area contributed by atoms with E-state index in [1.165, 1.54) is 0 Å². The molecule has 0 bridgehead atoms. The highest BCUT2D eigenvalue weighted by Gasteiger charge is 2.39. The van der Waals surface area contributed by atoms with Gasteiger partial charge in [0.25, 0.3) is 0 Å². The van der Waals surface area contributed by atoms with Crippen molar-refractivity contribution in [3.63, 3.8) is 0 Å². The summed E-state index contributed by atoms with van der Waals surface area (Å²) in [6.07, 6.45) is -1.23. The van der Waals surface area contributed by atoms with Crippen LogP contribution in [0.25, 0.3) is 0 Å². The van der Waals surface area contributed by atoms with E-state index in [0.29, 0.717) is 19.1 Å². The average Bonchev–Trinajstić information content (AvgIpc) is 2.74. The molecule has 0 radical (unpaired) electrons. The van der Waals surface area contributed by atoms with Gasteiger partial charge in [-0.1, -0.05) is 0 Å². The number of nitrogens with one attached hydrogen (secondary N) is 1. The zero-order chi connectivity index (χ0) is 9.26. The van der Waals surface area contributed by atoms with Crippen LogP contribution < -0.4 is 5.32 Å². The molecule has 2 nitrogen and oxygen atoms in total. The van der Waals surface area contributed by atoms with Gasteiger partial charge in [0.2, 0.25) is 6.43 Å². The molecule has 2 rings (SSSR count). The first-order valence-corrected chi connectivity index (χ1v) is 4.85. The molecule has 0 aromatic rings. The fourth-order valence-electron chi connectivity index (χ4n) is 2.40. The third-order valence-electron chi connectivity index (χ3n) is 3.20. The second-order valence-corrected chi connectivity index (χ2v) is 3.94. The molecule has 2 heterocycles. The lowest BCUT2D eigenvalue weighted by Crippen LogP contribution is -2.27. The van der Waals surface area contributed by atoms with Crippen molar-refractivity contribution in [1.29, 1.82) is 0 Å². The minimum absolute atomic E-state index is 0. The van der Waals surface area contributed by atoms with Crippen molar-refractivity contribution in [3.8, 4) is 0 Å². The van der Waals surface area contributed by atoms with Gasteiger partial charge in [-0.25, -0.2) is 8.78 Å². The van der Waals surface area contributed by atoms with Crippen LogP contribution >= 0.6 is 12.4 Å². The molecule has 2 aliphatic heterocycles. The molecule has 0 saturated carbocycles. The Balaban J connectivity index is 0.000000980. The van der Waals surface area contributed by atoms with Gasteiger partial charge in [-0.05, 0) is 24.8 Å². The molecule has 0 aromatic carbocycles. The minimum Gasteiger partial charge on any atom is -0.381 e. The smallest absolute Gasteiger partial charge is 0.242 e. The molecule has 3 atom stereocenters. The minimum atomic E-state index is -2.18. The average molecular weight is 228 g/mol. The highest BCUT2D eigenvalue weighted by Crippen LogP contribution is 2.33. The van der Waals surface area contributed by atoms with Gasteiger partial charge in [0.05, 0.1) is 0 Å². The van der Waals surface area contributed by atoms with Gasteiger partial charge in [-0.3, -0.25) is 0 Å². The molecule has 0 spiro atoms. The van der Waals surface area contributed by atoms with Crippen molar-refractivity contribution < 1.29 is 13.5 Å². The molecule has 0 amide bonds. The van der Waals surface area contributed by atoms with Crippen molar-refractivity contribution in [3.05, 3.63) is 0 Å². The van der Waals surface area contributed by atoms with Gasteiger partial charge >= 0.3 is 0 Å². The van der Waals surface area contributed by atoms with E-state index in [4.69, 9.17) is 4.74 Å². The Morgan fingerprint density at radius 3 is 2.64 bits per heavy atom. The van der Waals surface area contributed by atoms with Crippen molar-refractivity contribution >= 4 is 12.4 Å². The van der Waals surface area contributed by atoms with E-state index >= 15 is 0 Å². The zero-order valence-corrected chi connectivity index (χ0v) is 8.73. The van der Waals surface area contributed by atoms with Crippen LogP contribution in [-0.2, 0) is 4.74 Å². The van der Waals surface area contributed by atoms with Crippen LogP contribution in [-0.4, -0.2) is 32.7 Å². The lowest BCUT2D eigenvalue weighted by Gasteiger charge is -2.22. The highest BCUT2D eigenvalue weighted by molar-refractivity contribution is 5.85. The molecular weight excluding hydrogens is 212 g/mol. The van der Waals surface area contributed by atoms with E-state index in [9.17, 15) is 8.78 Å². The summed E-state index contributed by atoms with van der Waals surface area (Å²) in [4.78, 5) is 0. The first-order chi connectivity index (χ1) is 6.29. The van der Waals surface area contributed by atoms with Crippen LogP contribution in [0.2, 0.25) is 0 Å². The Bertz CT molecular complexity index is 176. The molecular formula is C9H16ClF2NO. The van der Waals surface area contributed by atoms with Crippen LogP contribution in [0.1, 0.15) is 6.42 Å². The fourth-order valence-corrected chi connectivity index (χ4v) is 2.40. The van der Waals surface area contributed by atoms with Gasteiger partial charge in [-0.15, -0.1) is 12.4 Å². The summed E-state index contributed by atoms with van der Waals surface area (Å²) in [5.74, 6) is 0.0307. The maximum Gasteiger partial charge on any atom is 0.242 e. The Morgan fingerprint density at radius 2 is 2.07 bits per heavy atom. The number of hydrogen-bond donors (Lipinski definition) is 1. The van der Waals surface area contributed by atoms with Gasteiger partial charge in [-0.2, -0.15) is 0 Å². The van der Waals surface area contributed by atoms with Crippen LogP contribution in [0.5, 0.6) is 0 Å². The number of hydrogen-bond acceptors (Lipinski definition) is 2. The molecule has 2 saturated heterocycles. The van der Waals surface area contributed by atoms with Crippen LogP contribution in [0, 0.1) is 17.8 Å². The summed E-state index contributed by atoms with van der Waals surface area (Å²) in [6.45, 7) is 2.63. The van der Waals surface area contributed by atoms with E-state index < -0.39 is 12.3 Å². The molecule has 5 heteroatoms. The standard InChI is InChI=1S/C9H15F2NO.ClH/c10-9(11)8-4-12-3-7(8)6-1-2-13-5-6;/h6-9,12H,1-5H2;1H. The lowest BCUT2D eigenvalue weighted by atomic mass is 9.84. The molecule has 1 N–H and O–H groups in total. The predicted octanol–water partition coefficient (Wildman–Crippen LogP) is 1.55. The van der Waals surface area contributed by atoms with E-state index in [-0.39, 0.29) is 18.3 Å². The Labute approximate surface area is 88.8 Å². The van der Waals surface area contributed by atoms with Gasteiger partial charge in [0, 0.05) is 25.7 Å². The van der Waals surface area contributed by atoms with E-state index in [0.717, 1.165) is 19.6 Å². The predicted molar refractivity (Wildman–Crippen MR) is 52.0 cm³/mol. The van der Waals surface area contributed by atoms with Gasteiger partial charge in [0.15, 0.2) is 0 Å². The largest absolute Gasteiger partial charge is 0.381 e. The molecule has 3 unspecified atom stereocenters. The summed E-state index contributed by atoms with van der Waals surface area (Å²) in [5.41, 5.74) is 0. The maximum atomic E-state index is 12.6. The summed E-state index contributed by atoms with van der Waals surface area (Å²) in [7, 11) is 0. The summed E-state index contributed by atoms with van der Waals surface area (Å²) in [6, 6.07) is 0. The highest BCUT2D eigenvalue weighted by atomic mass is 35.5. The second kappa shape index (κ2) is 5.24. The summed E-state index contributed by atoms with van der Waals surface area (Å²) < 4.78 is 30.4. The third-order valence-corrected chi connectivity index (χ3v) is 3.20. The Morgan fingerprint density at radius 1 is 1.29 bits per heavy atom. The van der Waals surface area contributed by atoms with Crippen molar-refractivity contribution in [1.82, 2.24) is 5.32 Å². The van der Waals surface area contributed by atoms with Gasteiger partial charge in [0.1, 0.15) is 0 Å². The third kappa shape index (κ3) is 2.35. The normalized spacial score (nSPS) is 37.5. The van der Waals surface area contributed by atoms with Crippen molar-refractivity contribution in [2.75, 3.05) is 26.3 Å². The monoisotopic (exact) mass is 227 g/mol. The molecule has 84 valence electrons. The number of alkyl halides is 2. The molecule has 14 heavy (non-hydrogen) atoms. The van der Waals surface area contributed by atoms with Crippen molar-refractivity contribution in [2.24, 2.45) is 17.8 Å². The Hall–Kier alpha value is 0.0700. The fraction of sp³-hybridized carbons (Fsp3) is 1.00. The van der Waals surface area contributed by atoms with Crippen molar-refractivity contribution in [2.45, 2.75) is 12.8 Å². The molecule has 2 aliphatic rings. The van der Waals surface area contributed by atoms with Crippen LogP contribution in [0.15, 0.2) is 0 Å². The molecule has 0 aliphatic carbocycles. The first kappa shape index (κ1) is 12.1. The quantitative estimate of drug-likeness (QED) is 0.773. The van der Waals surface area contributed by atoms with E-state index in [1.54, 1.807) is 0 Å². The van der Waals surface area contributed by atoms with E-state index in [1.807, 2.05) is 0 Å². The number of ether oxygens (including phenoxy) is 1. The topological polar surface area (TPSA) is 21.3 Å². The van der Waals surface area contributed by atoms with Crippen LogP contribution in [0.4, 0.5) is 8.78 Å². The maximum absolute atomic E-state index is 12.6. The molecule has 2 fully saturated rings.